The van der Waals surface area contributed by atoms with Crippen molar-refractivity contribution in [1.29, 1.82) is 0 Å². The fourth-order valence-corrected chi connectivity index (χ4v) is 0.842. The molecular weight excluding hydrogens is 214 g/mol. The third kappa shape index (κ3) is 6.41. The van der Waals surface area contributed by atoms with Crippen molar-refractivity contribution in [3.63, 3.8) is 0 Å². The Morgan fingerprint density at radius 3 is 2.38 bits per heavy atom. The molecule has 0 aromatic carbocycles. The number of nitrogens with one attached hydrogen (secondary N) is 2. The van der Waals surface area contributed by atoms with Crippen LogP contribution in [0.2, 0.25) is 0 Å². The van der Waals surface area contributed by atoms with E-state index in [1.54, 1.807) is 6.92 Å². The van der Waals surface area contributed by atoms with Crippen molar-refractivity contribution in [2.45, 2.75) is 19.4 Å². The van der Waals surface area contributed by atoms with Gasteiger partial charge in [-0.05, 0) is 6.92 Å². The molecule has 3 amide bonds. The van der Waals surface area contributed by atoms with Crippen LogP contribution in [0.25, 0.3) is 0 Å². The molecule has 1 unspecified atom stereocenters. The Hall–Kier alpha value is -2.05. The molecule has 7 heteroatoms. The highest BCUT2D eigenvalue weighted by molar-refractivity contribution is 5.87. The second kappa shape index (κ2) is 6.44. The summed E-state index contributed by atoms with van der Waals surface area (Å²) in [6.07, 6.45) is -0.449. The van der Waals surface area contributed by atoms with Crippen LogP contribution in [0.15, 0.2) is 12.2 Å². The predicted octanol–water partition coefficient (Wildman–Crippen LogP) is -0.810. The largest absolute Gasteiger partial charge is 0.480 e. The molecule has 0 bridgehead atoms. The molecule has 0 rings (SSSR count). The van der Waals surface area contributed by atoms with Crippen molar-refractivity contribution < 1.29 is 19.5 Å². The van der Waals surface area contributed by atoms with E-state index >= 15 is 0 Å². The minimum absolute atomic E-state index is 0.231. The number of nitrogens with two attached hydrogens (primary N) is 1. The standard InChI is InChI=1S/C9H15N3O4/c1-5(2)4-11-9(16)12-6(8(14)15)3-7(10)13/h6H,1,3-4H2,2H3,(H2,10,13)(H,14,15)(H2,11,12,16). The minimum Gasteiger partial charge on any atom is -0.480 e. The Morgan fingerprint density at radius 2 is 2.00 bits per heavy atom. The third-order valence-electron chi connectivity index (χ3n) is 1.56. The summed E-state index contributed by atoms with van der Waals surface area (Å²) in [5, 5.41) is 13.2. The van der Waals surface area contributed by atoms with Crippen molar-refractivity contribution in [2.24, 2.45) is 5.73 Å². The van der Waals surface area contributed by atoms with Crippen LogP contribution in [0.4, 0.5) is 4.79 Å². The molecule has 7 nitrogen and oxygen atoms in total. The van der Waals surface area contributed by atoms with Crippen LogP contribution in [-0.2, 0) is 9.59 Å². The topological polar surface area (TPSA) is 122 Å². The first-order valence-electron chi connectivity index (χ1n) is 4.52. The van der Waals surface area contributed by atoms with E-state index in [2.05, 4.69) is 17.2 Å². The van der Waals surface area contributed by atoms with Gasteiger partial charge in [-0.3, -0.25) is 4.79 Å². The van der Waals surface area contributed by atoms with E-state index in [-0.39, 0.29) is 6.54 Å². The number of hydrogen-bond donors (Lipinski definition) is 4. The molecule has 16 heavy (non-hydrogen) atoms. The molecule has 0 aliphatic rings. The van der Waals surface area contributed by atoms with Crippen LogP contribution in [0.1, 0.15) is 13.3 Å². The van der Waals surface area contributed by atoms with Gasteiger partial charge in [0.15, 0.2) is 0 Å². The lowest BCUT2D eigenvalue weighted by atomic mass is 10.2. The van der Waals surface area contributed by atoms with E-state index in [0.717, 1.165) is 5.57 Å². The first-order chi connectivity index (χ1) is 7.32. The lowest BCUT2D eigenvalue weighted by Crippen LogP contribution is -2.47. The second-order valence-corrected chi connectivity index (χ2v) is 3.35. The maximum Gasteiger partial charge on any atom is 0.326 e. The lowest BCUT2D eigenvalue weighted by molar-refractivity contribution is -0.140. The van der Waals surface area contributed by atoms with Gasteiger partial charge in [0.05, 0.1) is 6.42 Å². The molecule has 0 aromatic rings. The van der Waals surface area contributed by atoms with E-state index in [0.29, 0.717) is 0 Å². The average Bonchev–Trinajstić information content (AvgIpc) is 2.12. The molecule has 0 aliphatic carbocycles. The van der Waals surface area contributed by atoms with Gasteiger partial charge in [-0.15, -0.1) is 0 Å². The number of rotatable bonds is 6. The van der Waals surface area contributed by atoms with Crippen molar-refractivity contribution in [2.75, 3.05) is 6.54 Å². The van der Waals surface area contributed by atoms with Gasteiger partial charge in [0.2, 0.25) is 5.91 Å². The van der Waals surface area contributed by atoms with Crippen molar-refractivity contribution in [3.8, 4) is 0 Å². The Bertz CT molecular complexity index is 314. The van der Waals surface area contributed by atoms with Crippen LogP contribution in [0.3, 0.4) is 0 Å². The van der Waals surface area contributed by atoms with E-state index in [4.69, 9.17) is 10.8 Å². The van der Waals surface area contributed by atoms with Gasteiger partial charge in [-0.25, -0.2) is 9.59 Å². The number of carboxylic acid groups (broad SMARTS) is 1. The summed E-state index contributed by atoms with van der Waals surface area (Å²) in [7, 11) is 0. The van der Waals surface area contributed by atoms with Gasteiger partial charge >= 0.3 is 12.0 Å². The molecule has 0 saturated heterocycles. The van der Waals surface area contributed by atoms with Crippen LogP contribution < -0.4 is 16.4 Å². The molecule has 1 atom stereocenters. The van der Waals surface area contributed by atoms with E-state index in [1.807, 2.05) is 0 Å². The summed E-state index contributed by atoms with van der Waals surface area (Å²) >= 11 is 0. The van der Waals surface area contributed by atoms with Crippen molar-refractivity contribution in [1.82, 2.24) is 10.6 Å². The third-order valence-corrected chi connectivity index (χ3v) is 1.56. The fraction of sp³-hybridized carbons (Fsp3) is 0.444. The zero-order valence-corrected chi connectivity index (χ0v) is 8.95. The Labute approximate surface area is 92.7 Å². The Morgan fingerprint density at radius 1 is 1.44 bits per heavy atom. The molecule has 0 heterocycles. The molecule has 0 spiro atoms. The minimum atomic E-state index is -1.32. The van der Waals surface area contributed by atoms with Crippen molar-refractivity contribution in [3.05, 3.63) is 12.2 Å². The number of carboxylic acids is 1. The van der Waals surface area contributed by atoms with Crippen LogP contribution >= 0.6 is 0 Å². The summed E-state index contributed by atoms with van der Waals surface area (Å²) < 4.78 is 0. The summed E-state index contributed by atoms with van der Waals surface area (Å²) in [5.74, 6) is -2.11. The summed E-state index contributed by atoms with van der Waals surface area (Å²) in [5.41, 5.74) is 5.56. The van der Waals surface area contributed by atoms with E-state index in [1.165, 1.54) is 0 Å². The number of amides is 3. The van der Waals surface area contributed by atoms with Crippen LogP contribution in [-0.4, -0.2) is 35.6 Å². The number of primary amides is 1. The Balaban J connectivity index is 4.18. The highest BCUT2D eigenvalue weighted by Gasteiger charge is 2.21. The number of aliphatic carboxylic acids is 1. The summed E-state index contributed by atoms with van der Waals surface area (Å²) in [4.78, 5) is 32.3. The quantitative estimate of drug-likeness (QED) is 0.445. The van der Waals surface area contributed by atoms with Gasteiger partial charge in [0.25, 0.3) is 0 Å². The molecule has 90 valence electrons. The molecule has 0 aliphatic heterocycles. The van der Waals surface area contributed by atoms with E-state index in [9.17, 15) is 14.4 Å². The zero-order valence-electron chi connectivity index (χ0n) is 8.95. The zero-order chi connectivity index (χ0) is 12.7. The molecule has 0 aromatic heterocycles. The Kier molecular flexibility index (Phi) is 5.61. The summed E-state index contributed by atoms with van der Waals surface area (Å²) in [6, 6.07) is -2.00. The average molecular weight is 229 g/mol. The van der Waals surface area contributed by atoms with Crippen molar-refractivity contribution >= 4 is 17.9 Å². The predicted molar refractivity (Wildman–Crippen MR) is 56.6 cm³/mol. The normalized spacial score (nSPS) is 11.3. The SMILES string of the molecule is C=C(C)CNC(=O)NC(CC(N)=O)C(=O)O. The maximum absolute atomic E-state index is 11.2. The highest BCUT2D eigenvalue weighted by atomic mass is 16.4. The molecule has 5 N–H and O–H groups in total. The number of urea groups is 1. The monoisotopic (exact) mass is 229 g/mol. The highest BCUT2D eigenvalue weighted by Crippen LogP contribution is 1.91. The first-order valence-corrected chi connectivity index (χ1v) is 4.52. The number of hydrogen-bond acceptors (Lipinski definition) is 3. The number of carbonyl (C=O) groups is 3. The second-order valence-electron chi connectivity index (χ2n) is 3.35. The molecule has 0 radical (unpaired) electrons. The summed E-state index contributed by atoms with van der Waals surface area (Å²) in [6.45, 7) is 5.49. The van der Waals surface area contributed by atoms with Gasteiger partial charge in [-0.2, -0.15) is 0 Å². The smallest absolute Gasteiger partial charge is 0.326 e. The van der Waals surface area contributed by atoms with E-state index < -0.39 is 30.4 Å². The van der Waals surface area contributed by atoms with Crippen LogP contribution in [0, 0.1) is 0 Å². The maximum atomic E-state index is 11.2. The van der Waals surface area contributed by atoms with Gasteiger partial charge in [0, 0.05) is 6.54 Å². The fourth-order valence-electron chi connectivity index (χ4n) is 0.842. The molecule has 0 fully saturated rings. The number of carbonyl (C=O) groups excluding carboxylic acids is 2. The van der Waals surface area contributed by atoms with Gasteiger partial charge in [0.1, 0.15) is 6.04 Å². The molecular formula is C9H15N3O4. The lowest BCUT2D eigenvalue weighted by Gasteiger charge is -2.13. The van der Waals surface area contributed by atoms with Gasteiger partial charge in [-0.1, -0.05) is 12.2 Å². The van der Waals surface area contributed by atoms with Gasteiger partial charge < -0.3 is 21.5 Å². The van der Waals surface area contributed by atoms with Crippen LogP contribution in [0.5, 0.6) is 0 Å². The first kappa shape index (κ1) is 13.9. The molecule has 0 saturated carbocycles.